The first-order valence-corrected chi connectivity index (χ1v) is 8.41. The number of pyridine rings is 1. The van der Waals surface area contributed by atoms with Gasteiger partial charge in [-0.1, -0.05) is 12.1 Å². The Morgan fingerprint density at radius 3 is 2.85 bits per heavy atom. The summed E-state index contributed by atoms with van der Waals surface area (Å²) in [7, 11) is 1.61. The zero-order valence-electron chi connectivity index (χ0n) is 14.6. The lowest BCUT2D eigenvalue weighted by atomic mass is 9.96. The number of benzene rings is 1. The van der Waals surface area contributed by atoms with Crippen LogP contribution in [-0.2, 0) is 4.79 Å². The van der Waals surface area contributed by atoms with E-state index in [1.54, 1.807) is 20.0 Å². The first-order valence-electron chi connectivity index (χ1n) is 8.41. The van der Waals surface area contributed by atoms with Gasteiger partial charge >= 0.3 is 6.36 Å². The highest BCUT2D eigenvalue weighted by Crippen LogP contribution is 2.36. The molecule has 8 heteroatoms. The van der Waals surface area contributed by atoms with Crippen LogP contribution in [-0.4, -0.2) is 37.4 Å². The number of hydrogen-bond acceptors (Lipinski definition) is 4. The summed E-state index contributed by atoms with van der Waals surface area (Å²) in [6.07, 6.45) is -3.16. The number of aryl methyl sites for hydroxylation is 1. The quantitative estimate of drug-likeness (QED) is 0.903. The number of nitrogens with zero attached hydrogens (tertiary/aromatic N) is 2. The number of aromatic nitrogens is 1. The Balaban J connectivity index is 2.03. The molecule has 1 aliphatic rings. The maximum atomic E-state index is 12.7. The van der Waals surface area contributed by atoms with Gasteiger partial charge in [-0.3, -0.25) is 4.79 Å². The molecule has 26 heavy (non-hydrogen) atoms. The summed E-state index contributed by atoms with van der Waals surface area (Å²) in [6, 6.07) is 6.34. The van der Waals surface area contributed by atoms with Crippen LogP contribution < -0.4 is 15.0 Å². The monoisotopic (exact) mass is 367 g/mol. The molecule has 1 N–H and O–H groups in total. The molecule has 5 nitrogen and oxygen atoms in total. The molecule has 3 rings (SSSR count). The molecule has 0 unspecified atom stereocenters. The van der Waals surface area contributed by atoms with Crippen LogP contribution in [0.15, 0.2) is 24.3 Å². The Bertz CT molecular complexity index is 823. The maximum Gasteiger partial charge on any atom is 0.573 e. The van der Waals surface area contributed by atoms with Crippen LogP contribution in [0.2, 0.25) is 0 Å². The van der Waals surface area contributed by atoms with Crippen LogP contribution in [0.5, 0.6) is 5.75 Å². The van der Waals surface area contributed by atoms with Crippen molar-refractivity contribution in [3.63, 3.8) is 0 Å². The molecule has 140 valence electrons. The van der Waals surface area contributed by atoms with Crippen LogP contribution in [0.25, 0.3) is 10.9 Å². The Morgan fingerprint density at radius 1 is 1.38 bits per heavy atom. The second-order valence-electron chi connectivity index (χ2n) is 6.38. The van der Waals surface area contributed by atoms with E-state index in [4.69, 9.17) is 0 Å². The van der Waals surface area contributed by atoms with E-state index in [1.165, 1.54) is 12.1 Å². The van der Waals surface area contributed by atoms with Crippen molar-refractivity contribution in [2.75, 3.05) is 25.0 Å². The number of rotatable bonds is 3. The third-order valence-electron chi connectivity index (χ3n) is 4.51. The SMILES string of the molecule is CNC(=O)[C@H]1CCCN(c2cc(C)nc3c(OC(F)(F)F)cccc23)C1. The predicted molar refractivity (Wildman–Crippen MR) is 92.2 cm³/mol. The van der Waals surface area contributed by atoms with Gasteiger partial charge in [0, 0.05) is 36.9 Å². The van der Waals surface area contributed by atoms with Gasteiger partial charge in [-0.05, 0) is 31.9 Å². The summed E-state index contributed by atoms with van der Waals surface area (Å²) in [5.74, 6) is -0.488. The van der Waals surface area contributed by atoms with Crippen molar-refractivity contribution < 1.29 is 22.7 Å². The summed E-state index contributed by atoms with van der Waals surface area (Å²) in [6.45, 7) is 2.98. The molecule has 1 aromatic heterocycles. The summed E-state index contributed by atoms with van der Waals surface area (Å²) >= 11 is 0. The number of anilines is 1. The van der Waals surface area contributed by atoms with E-state index in [-0.39, 0.29) is 23.1 Å². The molecular formula is C18H20F3N3O2. The molecule has 0 aliphatic carbocycles. The average Bonchev–Trinajstić information content (AvgIpc) is 2.60. The standard InChI is InChI=1S/C18H20F3N3O2/c1-11-9-14(24-8-4-5-12(10-24)17(25)22-2)13-6-3-7-15(16(13)23-11)26-18(19,20)21/h3,6-7,9,12H,4-5,8,10H2,1-2H3,(H,22,25)/t12-/m0/s1. The number of amides is 1. The van der Waals surface area contributed by atoms with Crippen molar-refractivity contribution in [1.82, 2.24) is 10.3 Å². The first kappa shape index (κ1) is 18.3. The molecule has 1 atom stereocenters. The molecule has 2 aromatic rings. The highest BCUT2D eigenvalue weighted by atomic mass is 19.4. The van der Waals surface area contributed by atoms with Crippen molar-refractivity contribution in [2.45, 2.75) is 26.1 Å². The lowest BCUT2D eigenvalue weighted by molar-refractivity contribution is -0.274. The van der Waals surface area contributed by atoms with Crippen molar-refractivity contribution in [3.8, 4) is 5.75 Å². The van der Waals surface area contributed by atoms with E-state index >= 15 is 0 Å². The molecule has 0 spiro atoms. The molecule has 1 amide bonds. The summed E-state index contributed by atoms with van der Waals surface area (Å²) in [5, 5.41) is 3.25. The van der Waals surface area contributed by atoms with Gasteiger partial charge in [0.05, 0.1) is 5.92 Å². The Hall–Kier alpha value is -2.51. The molecule has 0 bridgehead atoms. The first-order chi connectivity index (χ1) is 12.3. The van der Waals surface area contributed by atoms with Crippen LogP contribution in [0.1, 0.15) is 18.5 Å². The van der Waals surface area contributed by atoms with Crippen molar-refractivity contribution >= 4 is 22.5 Å². The van der Waals surface area contributed by atoms with Crippen molar-refractivity contribution in [3.05, 3.63) is 30.0 Å². The Morgan fingerprint density at radius 2 is 2.15 bits per heavy atom. The number of alkyl halides is 3. The van der Waals surface area contributed by atoms with E-state index in [0.717, 1.165) is 25.1 Å². The van der Waals surface area contributed by atoms with Crippen LogP contribution in [0.4, 0.5) is 18.9 Å². The topological polar surface area (TPSA) is 54.5 Å². The number of hydrogen-bond donors (Lipinski definition) is 1. The molecule has 1 aromatic carbocycles. The van der Waals surface area contributed by atoms with Gasteiger partial charge in [0.1, 0.15) is 5.52 Å². The minimum Gasteiger partial charge on any atom is -0.403 e. The van der Waals surface area contributed by atoms with Gasteiger partial charge in [0.2, 0.25) is 5.91 Å². The third-order valence-corrected chi connectivity index (χ3v) is 4.51. The summed E-state index contributed by atoms with van der Waals surface area (Å²) in [5.41, 5.74) is 1.53. The maximum absolute atomic E-state index is 12.7. The van der Waals surface area contributed by atoms with Gasteiger partial charge < -0.3 is 15.0 Å². The molecule has 1 saturated heterocycles. The van der Waals surface area contributed by atoms with Crippen LogP contribution >= 0.6 is 0 Å². The van der Waals surface area contributed by atoms with Crippen molar-refractivity contribution in [1.29, 1.82) is 0 Å². The summed E-state index contributed by atoms with van der Waals surface area (Å²) in [4.78, 5) is 18.3. The Labute approximate surface area is 149 Å². The van der Waals surface area contributed by atoms with E-state index in [9.17, 15) is 18.0 Å². The molecule has 0 saturated carbocycles. The van der Waals surface area contributed by atoms with Gasteiger partial charge in [-0.15, -0.1) is 13.2 Å². The number of para-hydroxylation sites is 1. The second-order valence-corrected chi connectivity index (χ2v) is 6.38. The third kappa shape index (κ3) is 3.84. The largest absolute Gasteiger partial charge is 0.573 e. The lowest BCUT2D eigenvalue weighted by Crippen LogP contribution is -2.42. The highest BCUT2D eigenvalue weighted by molar-refractivity contribution is 5.96. The van der Waals surface area contributed by atoms with E-state index in [2.05, 4.69) is 15.0 Å². The minimum atomic E-state index is -4.78. The molecule has 0 radical (unpaired) electrons. The number of fused-ring (bicyclic) bond motifs is 1. The van der Waals surface area contributed by atoms with Gasteiger partial charge in [-0.25, -0.2) is 4.98 Å². The molecule has 1 aliphatic heterocycles. The van der Waals surface area contributed by atoms with Crippen LogP contribution in [0.3, 0.4) is 0 Å². The van der Waals surface area contributed by atoms with Gasteiger partial charge in [0.15, 0.2) is 5.75 Å². The van der Waals surface area contributed by atoms with Crippen molar-refractivity contribution in [2.24, 2.45) is 5.92 Å². The summed E-state index contributed by atoms with van der Waals surface area (Å²) < 4.78 is 42.2. The van der Waals surface area contributed by atoms with Crippen LogP contribution in [0, 0.1) is 12.8 Å². The average molecular weight is 367 g/mol. The van der Waals surface area contributed by atoms with E-state index in [1.807, 2.05) is 11.0 Å². The number of ether oxygens (including phenoxy) is 1. The Kier molecular flexibility index (Phi) is 4.93. The van der Waals surface area contributed by atoms with E-state index in [0.29, 0.717) is 17.6 Å². The number of carbonyl (C=O) groups excluding carboxylic acids is 1. The van der Waals surface area contributed by atoms with E-state index < -0.39 is 6.36 Å². The number of halogens is 3. The molecule has 2 heterocycles. The normalized spacial score (nSPS) is 18.0. The number of carbonyl (C=O) groups is 1. The number of nitrogens with one attached hydrogen (secondary N) is 1. The fraction of sp³-hybridized carbons (Fsp3) is 0.444. The fourth-order valence-corrected chi connectivity index (χ4v) is 3.41. The highest BCUT2D eigenvalue weighted by Gasteiger charge is 2.32. The second kappa shape index (κ2) is 7.01. The fourth-order valence-electron chi connectivity index (χ4n) is 3.41. The molecular weight excluding hydrogens is 347 g/mol. The zero-order chi connectivity index (χ0) is 18.9. The number of piperidine rings is 1. The van der Waals surface area contributed by atoms with Gasteiger partial charge in [-0.2, -0.15) is 0 Å². The van der Waals surface area contributed by atoms with Gasteiger partial charge in [0.25, 0.3) is 0 Å². The zero-order valence-corrected chi connectivity index (χ0v) is 14.6. The molecule has 1 fully saturated rings. The minimum absolute atomic E-state index is 0.0223. The predicted octanol–water partition coefficient (Wildman–Crippen LogP) is 3.40. The lowest BCUT2D eigenvalue weighted by Gasteiger charge is -2.34. The smallest absolute Gasteiger partial charge is 0.403 e.